The van der Waals surface area contributed by atoms with Crippen LogP contribution >= 0.6 is 0 Å². The summed E-state index contributed by atoms with van der Waals surface area (Å²) >= 11 is 0. The van der Waals surface area contributed by atoms with E-state index in [0.717, 1.165) is 12.8 Å². The van der Waals surface area contributed by atoms with Crippen molar-refractivity contribution in [3.63, 3.8) is 0 Å². The Hall–Kier alpha value is 0.430. The average Bonchev–Trinajstić information content (AvgIpc) is 2.40. The van der Waals surface area contributed by atoms with Crippen LogP contribution in [-0.2, 0) is 9.63 Å². The predicted molar refractivity (Wildman–Crippen MR) is 77.3 cm³/mol. The van der Waals surface area contributed by atoms with E-state index in [4.69, 9.17) is 4.84 Å². The van der Waals surface area contributed by atoms with Crippen LogP contribution in [0, 0.1) is 0 Å². The van der Waals surface area contributed by atoms with Gasteiger partial charge >= 0.3 is 35.5 Å². The van der Waals surface area contributed by atoms with Gasteiger partial charge in [0.05, 0.1) is 0 Å². The first-order valence-electron chi connectivity index (χ1n) is 7.69. The zero-order valence-electron chi connectivity index (χ0n) is 14.5. The van der Waals surface area contributed by atoms with Crippen molar-refractivity contribution in [1.29, 1.82) is 0 Å². The van der Waals surface area contributed by atoms with Crippen molar-refractivity contribution in [2.45, 2.75) is 91.0 Å². The molecule has 110 valence electrons. The number of nitrogens with one attached hydrogen (secondary N) is 1. The monoisotopic (exact) mass is 281 g/mol. The van der Waals surface area contributed by atoms with Crippen LogP contribution in [0.2, 0.25) is 0 Å². The van der Waals surface area contributed by atoms with Crippen molar-refractivity contribution in [2.75, 3.05) is 0 Å². The summed E-state index contributed by atoms with van der Waals surface area (Å²) in [5.41, 5.74) is 2.88. The van der Waals surface area contributed by atoms with Gasteiger partial charge in [0.15, 0.2) is 0 Å². The molecule has 0 spiro atoms. The topological polar surface area (TPSA) is 38.3 Å². The normalized spacial score (nSPS) is 11.7. The maximum absolute atomic E-state index is 11.0. The number of carbonyl (C=O) groups is 1. The Labute approximate surface area is 143 Å². The van der Waals surface area contributed by atoms with Gasteiger partial charge in [0.1, 0.15) is 0 Å². The van der Waals surface area contributed by atoms with Gasteiger partial charge in [-0.25, -0.2) is 0 Å². The maximum Gasteiger partial charge on any atom is 1.00 e. The fourth-order valence-corrected chi connectivity index (χ4v) is 1.92. The van der Waals surface area contributed by atoms with Crippen molar-refractivity contribution in [2.24, 2.45) is 0 Å². The zero-order chi connectivity index (χ0) is 13.6. The molecule has 0 bridgehead atoms. The first kappa shape index (κ1) is 21.7. The molecule has 0 aromatic carbocycles. The Balaban J connectivity index is -0.00000144. The molecule has 0 aromatic heterocycles. The minimum absolute atomic E-state index is 0. The van der Waals surface area contributed by atoms with Crippen LogP contribution in [0.15, 0.2) is 0 Å². The van der Waals surface area contributed by atoms with Gasteiger partial charge in [-0.15, -0.1) is 0 Å². The third kappa shape index (κ3) is 14.6. The van der Waals surface area contributed by atoms with Crippen LogP contribution in [0.3, 0.4) is 0 Å². The second-order valence-corrected chi connectivity index (χ2v) is 4.96. The van der Waals surface area contributed by atoms with E-state index in [2.05, 4.69) is 19.3 Å². The molecule has 0 aromatic rings. The molecule has 0 rings (SSSR count). The Morgan fingerprint density at radius 1 is 1.05 bits per heavy atom. The molecule has 1 unspecified atom stereocenters. The van der Waals surface area contributed by atoms with Gasteiger partial charge < -0.3 is 6.26 Å². The van der Waals surface area contributed by atoms with Crippen molar-refractivity contribution in [1.82, 2.24) is 5.48 Å². The van der Waals surface area contributed by atoms with Crippen LogP contribution in [0.1, 0.15) is 86.4 Å². The van der Waals surface area contributed by atoms with Crippen molar-refractivity contribution in [3.05, 3.63) is 0 Å². The second kappa shape index (κ2) is 16.5. The van der Waals surface area contributed by atoms with Crippen LogP contribution < -0.4 is 35.0 Å². The van der Waals surface area contributed by atoms with E-state index in [0.29, 0.717) is 12.5 Å². The first-order chi connectivity index (χ1) is 8.74. The van der Waals surface area contributed by atoms with Gasteiger partial charge in [-0.1, -0.05) is 65.7 Å². The SMILES string of the molecule is CCCCCCCCCC(CC)NOC(=O)CC.[H-].[Na+]. The van der Waals surface area contributed by atoms with E-state index in [1.165, 1.54) is 44.9 Å². The summed E-state index contributed by atoms with van der Waals surface area (Å²) in [5, 5.41) is 0. The van der Waals surface area contributed by atoms with Crippen LogP contribution in [0.25, 0.3) is 0 Å². The number of hydroxylamine groups is 1. The molecule has 4 heteroatoms. The van der Waals surface area contributed by atoms with Crippen LogP contribution in [0.4, 0.5) is 0 Å². The fourth-order valence-electron chi connectivity index (χ4n) is 1.92. The minimum Gasteiger partial charge on any atom is -1.00 e. The molecule has 0 aliphatic heterocycles. The summed E-state index contributed by atoms with van der Waals surface area (Å²) < 4.78 is 0. The van der Waals surface area contributed by atoms with Gasteiger partial charge in [0.2, 0.25) is 0 Å². The third-order valence-corrected chi connectivity index (χ3v) is 3.28. The van der Waals surface area contributed by atoms with Gasteiger partial charge in [0, 0.05) is 12.5 Å². The largest absolute Gasteiger partial charge is 1.00 e. The van der Waals surface area contributed by atoms with Gasteiger partial charge in [-0.05, 0) is 12.8 Å². The fraction of sp³-hybridized carbons (Fsp3) is 0.933. The molecule has 0 aliphatic carbocycles. The molecular weight excluding hydrogens is 249 g/mol. The van der Waals surface area contributed by atoms with Crippen molar-refractivity contribution < 1.29 is 40.6 Å². The molecule has 0 saturated heterocycles. The Morgan fingerprint density at radius 3 is 2.16 bits per heavy atom. The van der Waals surface area contributed by atoms with E-state index in [1.807, 2.05) is 0 Å². The number of rotatable bonds is 12. The third-order valence-electron chi connectivity index (χ3n) is 3.28. The maximum atomic E-state index is 11.0. The molecular formula is C15H32NNaO2. The molecule has 0 saturated carbocycles. The Kier molecular flexibility index (Phi) is 18.8. The molecule has 0 radical (unpaired) electrons. The summed E-state index contributed by atoms with van der Waals surface area (Å²) in [4.78, 5) is 16.0. The van der Waals surface area contributed by atoms with Gasteiger partial charge in [-0.3, -0.25) is 4.79 Å². The van der Waals surface area contributed by atoms with Crippen molar-refractivity contribution >= 4 is 5.97 Å². The Morgan fingerprint density at radius 2 is 1.63 bits per heavy atom. The van der Waals surface area contributed by atoms with Gasteiger partial charge in [0.25, 0.3) is 0 Å². The standard InChI is InChI=1S/C15H31NO2.Na.H/c1-4-7-8-9-10-11-12-13-14(5-2)16-18-15(17)6-3;;/h14,16H,4-13H2,1-3H3;;/q;+1;-1. The molecule has 1 N–H and O–H groups in total. The Bertz CT molecular complexity index is 206. The van der Waals surface area contributed by atoms with E-state index in [1.54, 1.807) is 6.92 Å². The van der Waals surface area contributed by atoms with Gasteiger partial charge in [-0.2, -0.15) is 5.48 Å². The number of unbranched alkanes of at least 4 members (excludes halogenated alkanes) is 6. The van der Waals surface area contributed by atoms with E-state index < -0.39 is 0 Å². The average molecular weight is 281 g/mol. The van der Waals surface area contributed by atoms with Crippen LogP contribution in [0.5, 0.6) is 0 Å². The molecule has 0 aliphatic rings. The zero-order valence-corrected chi connectivity index (χ0v) is 15.5. The molecule has 1 atom stereocenters. The summed E-state index contributed by atoms with van der Waals surface area (Å²) in [5.74, 6) is -0.173. The smallest absolute Gasteiger partial charge is 1.00 e. The molecule has 0 fully saturated rings. The first-order valence-corrected chi connectivity index (χ1v) is 7.69. The molecule has 19 heavy (non-hydrogen) atoms. The second-order valence-electron chi connectivity index (χ2n) is 4.96. The van der Waals surface area contributed by atoms with E-state index in [-0.39, 0.29) is 37.0 Å². The number of hydrogen-bond donors (Lipinski definition) is 1. The minimum atomic E-state index is -0.173. The summed E-state index contributed by atoms with van der Waals surface area (Å²) in [7, 11) is 0. The van der Waals surface area contributed by atoms with E-state index in [9.17, 15) is 4.79 Å². The molecule has 0 heterocycles. The van der Waals surface area contributed by atoms with E-state index >= 15 is 0 Å². The van der Waals surface area contributed by atoms with Crippen molar-refractivity contribution in [3.8, 4) is 0 Å². The summed E-state index contributed by atoms with van der Waals surface area (Å²) in [6.45, 7) is 6.18. The summed E-state index contributed by atoms with van der Waals surface area (Å²) in [6, 6.07) is 0.316. The molecule has 3 nitrogen and oxygen atoms in total. The molecule has 0 amide bonds. The quantitative estimate of drug-likeness (QED) is 0.334. The number of carbonyl (C=O) groups excluding carboxylic acids is 1. The van der Waals surface area contributed by atoms with Crippen LogP contribution in [-0.4, -0.2) is 12.0 Å². The summed E-state index contributed by atoms with van der Waals surface area (Å²) in [6.07, 6.45) is 11.8. The predicted octanol–water partition coefficient (Wildman–Crippen LogP) is 1.48. The number of hydrogen-bond acceptors (Lipinski definition) is 3.